The minimum atomic E-state index is -0.843. The summed E-state index contributed by atoms with van der Waals surface area (Å²) in [5.41, 5.74) is 3.16. The monoisotopic (exact) mass is 393 g/mol. The van der Waals surface area contributed by atoms with E-state index in [0.29, 0.717) is 13.2 Å². The molecule has 2 aromatic carbocycles. The fourth-order valence-electron chi connectivity index (χ4n) is 4.63. The summed E-state index contributed by atoms with van der Waals surface area (Å²) in [4.78, 5) is 27.1. The second kappa shape index (κ2) is 8.37. The Kier molecular flexibility index (Phi) is 5.67. The number of hydrogen-bond acceptors (Lipinski definition) is 3. The minimum absolute atomic E-state index is 0.0138. The van der Waals surface area contributed by atoms with Crippen LogP contribution < -0.4 is 0 Å². The molecule has 0 radical (unpaired) electrons. The van der Waals surface area contributed by atoms with Gasteiger partial charge in [-0.2, -0.15) is 0 Å². The SMILES string of the molecule is Cc1ccc(C2OCCCC2C(=O)N2CC(C(=O)O)C(c3ccccc3)C2)cc1. The summed E-state index contributed by atoms with van der Waals surface area (Å²) in [6.45, 7) is 3.38. The summed E-state index contributed by atoms with van der Waals surface area (Å²) in [5, 5.41) is 9.75. The molecule has 4 rings (SSSR count). The van der Waals surface area contributed by atoms with Gasteiger partial charge in [-0.05, 0) is 30.9 Å². The number of benzene rings is 2. The molecule has 29 heavy (non-hydrogen) atoms. The van der Waals surface area contributed by atoms with Gasteiger partial charge >= 0.3 is 5.97 Å². The van der Waals surface area contributed by atoms with Gasteiger partial charge in [0.25, 0.3) is 0 Å². The van der Waals surface area contributed by atoms with Gasteiger partial charge in [0.05, 0.1) is 17.9 Å². The van der Waals surface area contributed by atoms with Crippen LogP contribution >= 0.6 is 0 Å². The molecule has 1 amide bonds. The molecule has 0 bridgehead atoms. The summed E-state index contributed by atoms with van der Waals surface area (Å²) < 4.78 is 6.02. The zero-order valence-corrected chi connectivity index (χ0v) is 16.7. The fraction of sp³-hybridized carbons (Fsp3) is 0.417. The van der Waals surface area contributed by atoms with Crippen LogP contribution in [0.15, 0.2) is 54.6 Å². The van der Waals surface area contributed by atoms with Crippen molar-refractivity contribution < 1.29 is 19.4 Å². The van der Waals surface area contributed by atoms with Gasteiger partial charge < -0.3 is 14.7 Å². The lowest BCUT2D eigenvalue weighted by Gasteiger charge is -2.34. The highest BCUT2D eigenvalue weighted by Gasteiger charge is 2.44. The number of amides is 1. The molecule has 2 aromatic rings. The third-order valence-corrected chi connectivity index (χ3v) is 6.22. The third-order valence-electron chi connectivity index (χ3n) is 6.22. The summed E-state index contributed by atoms with van der Waals surface area (Å²) in [6, 6.07) is 17.8. The van der Waals surface area contributed by atoms with Gasteiger partial charge in [0.2, 0.25) is 5.91 Å². The van der Waals surface area contributed by atoms with Gasteiger partial charge in [0.1, 0.15) is 0 Å². The second-order valence-corrected chi connectivity index (χ2v) is 8.16. The van der Waals surface area contributed by atoms with Crippen molar-refractivity contribution in [2.45, 2.75) is 31.8 Å². The van der Waals surface area contributed by atoms with Crippen molar-refractivity contribution >= 4 is 11.9 Å². The number of aryl methyl sites for hydroxylation is 1. The first-order valence-electron chi connectivity index (χ1n) is 10.3. The Morgan fingerprint density at radius 1 is 0.966 bits per heavy atom. The van der Waals surface area contributed by atoms with Crippen molar-refractivity contribution in [1.29, 1.82) is 0 Å². The molecule has 5 nitrogen and oxygen atoms in total. The first kappa shape index (κ1) is 19.6. The topological polar surface area (TPSA) is 66.8 Å². The lowest BCUT2D eigenvalue weighted by atomic mass is 9.88. The van der Waals surface area contributed by atoms with Gasteiger partial charge in [-0.3, -0.25) is 9.59 Å². The van der Waals surface area contributed by atoms with E-state index in [2.05, 4.69) is 0 Å². The van der Waals surface area contributed by atoms with E-state index in [0.717, 1.165) is 24.0 Å². The lowest BCUT2D eigenvalue weighted by Crippen LogP contribution is -2.40. The van der Waals surface area contributed by atoms with E-state index in [4.69, 9.17) is 4.74 Å². The maximum atomic E-state index is 13.4. The van der Waals surface area contributed by atoms with Crippen LogP contribution in [0.1, 0.15) is 41.6 Å². The van der Waals surface area contributed by atoms with Crippen molar-refractivity contribution in [2.75, 3.05) is 19.7 Å². The molecule has 0 aliphatic carbocycles. The summed E-state index contributed by atoms with van der Waals surface area (Å²) in [6.07, 6.45) is 1.34. The number of hydrogen-bond donors (Lipinski definition) is 1. The molecule has 1 N–H and O–H groups in total. The van der Waals surface area contributed by atoms with Gasteiger partial charge in [0.15, 0.2) is 0 Å². The van der Waals surface area contributed by atoms with Gasteiger partial charge in [-0.1, -0.05) is 60.2 Å². The van der Waals surface area contributed by atoms with Crippen LogP contribution in [0.5, 0.6) is 0 Å². The van der Waals surface area contributed by atoms with Crippen molar-refractivity contribution in [3.63, 3.8) is 0 Å². The maximum absolute atomic E-state index is 13.4. The van der Waals surface area contributed by atoms with Crippen molar-refractivity contribution in [1.82, 2.24) is 4.90 Å². The summed E-state index contributed by atoms with van der Waals surface area (Å²) in [5.74, 6) is -1.86. The Bertz CT molecular complexity index is 864. The molecular weight excluding hydrogens is 366 g/mol. The number of rotatable bonds is 4. The quantitative estimate of drug-likeness (QED) is 0.858. The number of aliphatic carboxylic acids is 1. The van der Waals surface area contributed by atoms with Crippen LogP contribution in [0.3, 0.4) is 0 Å². The normalized spacial score (nSPS) is 27.0. The van der Waals surface area contributed by atoms with Crippen LogP contribution in [0.2, 0.25) is 0 Å². The predicted molar refractivity (Wildman–Crippen MR) is 109 cm³/mol. The number of likely N-dealkylation sites (tertiary alicyclic amines) is 1. The van der Waals surface area contributed by atoms with Crippen molar-refractivity contribution in [3.05, 3.63) is 71.3 Å². The molecular formula is C24H27NO4. The van der Waals surface area contributed by atoms with E-state index in [-0.39, 0.29) is 30.4 Å². The number of carbonyl (C=O) groups excluding carboxylic acids is 1. The fourth-order valence-corrected chi connectivity index (χ4v) is 4.63. The number of carboxylic acid groups (broad SMARTS) is 1. The number of nitrogens with zero attached hydrogens (tertiary/aromatic N) is 1. The Balaban J connectivity index is 1.56. The van der Waals surface area contributed by atoms with Gasteiger partial charge in [-0.25, -0.2) is 0 Å². The molecule has 2 aliphatic heterocycles. The average molecular weight is 393 g/mol. The van der Waals surface area contributed by atoms with Crippen LogP contribution in [-0.2, 0) is 14.3 Å². The van der Waals surface area contributed by atoms with Crippen LogP contribution in [-0.4, -0.2) is 41.6 Å². The Morgan fingerprint density at radius 3 is 2.38 bits per heavy atom. The number of carbonyl (C=O) groups is 2. The first-order valence-corrected chi connectivity index (χ1v) is 10.3. The van der Waals surface area contributed by atoms with E-state index in [1.54, 1.807) is 4.90 Å². The molecule has 0 spiro atoms. The molecule has 0 aromatic heterocycles. The third kappa shape index (κ3) is 4.06. The Hall–Kier alpha value is -2.66. The smallest absolute Gasteiger partial charge is 0.308 e. The van der Waals surface area contributed by atoms with E-state index in [1.165, 1.54) is 5.56 Å². The lowest BCUT2D eigenvalue weighted by molar-refractivity contribution is -0.145. The molecule has 5 heteroatoms. The largest absolute Gasteiger partial charge is 0.481 e. The molecule has 2 aliphatic rings. The van der Waals surface area contributed by atoms with E-state index < -0.39 is 11.9 Å². The Labute approximate surface area is 171 Å². The number of carboxylic acids is 1. The van der Waals surface area contributed by atoms with Crippen molar-refractivity contribution in [2.24, 2.45) is 11.8 Å². The molecule has 4 unspecified atom stereocenters. The van der Waals surface area contributed by atoms with Crippen molar-refractivity contribution in [3.8, 4) is 0 Å². The highest BCUT2D eigenvalue weighted by molar-refractivity contribution is 5.82. The molecule has 4 atom stereocenters. The Morgan fingerprint density at radius 2 is 1.69 bits per heavy atom. The van der Waals surface area contributed by atoms with Gasteiger partial charge in [-0.15, -0.1) is 0 Å². The van der Waals surface area contributed by atoms with E-state index >= 15 is 0 Å². The molecule has 0 saturated carbocycles. The molecule has 2 saturated heterocycles. The summed E-state index contributed by atoms with van der Waals surface area (Å²) in [7, 11) is 0. The highest BCUT2D eigenvalue weighted by atomic mass is 16.5. The van der Waals surface area contributed by atoms with E-state index in [1.807, 2.05) is 61.5 Å². The molecule has 2 heterocycles. The standard InChI is InChI=1S/C24H27NO4/c1-16-9-11-18(12-10-16)22-19(8-5-13-29-22)23(26)25-14-20(21(15-25)24(27)28)17-6-3-2-4-7-17/h2-4,6-7,9-12,19-22H,5,8,13-15H2,1H3,(H,27,28). The molecule has 152 valence electrons. The zero-order chi connectivity index (χ0) is 20.4. The summed E-state index contributed by atoms with van der Waals surface area (Å²) >= 11 is 0. The first-order chi connectivity index (χ1) is 14.0. The number of ether oxygens (including phenoxy) is 1. The maximum Gasteiger partial charge on any atom is 0.308 e. The zero-order valence-electron chi connectivity index (χ0n) is 16.7. The molecule has 2 fully saturated rings. The van der Waals surface area contributed by atoms with Crippen LogP contribution in [0.25, 0.3) is 0 Å². The average Bonchev–Trinajstić information content (AvgIpc) is 3.20. The minimum Gasteiger partial charge on any atom is -0.481 e. The predicted octanol–water partition coefficient (Wildman–Crippen LogP) is 3.79. The van der Waals surface area contributed by atoms with E-state index in [9.17, 15) is 14.7 Å². The van der Waals surface area contributed by atoms with Crippen LogP contribution in [0.4, 0.5) is 0 Å². The second-order valence-electron chi connectivity index (χ2n) is 8.16. The van der Waals surface area contributed by atoms with Gasteiger partial charge in [0, 0.05) is 25.6 Å². The highest BCUT2D eigenvalue weighted by Crippen LogP contribution is 2.39. The van der Waals surface area contributed by atoms with Crippen LogP contribution in [0, 0.1) is 18.8 Å².